The van der Waals surface area contributed by atoms with Gasteiger partial charge in [0, 0.05) is 34.0 Å². The number of benzene rings is 3. The molecule has 0 bridgehead atoms. The number of urea groups is 1. The molecule has 1 unspecified atom stereocenters. The van der Waals surface area contributed by atoms with Crippen LogP contribution < -0.4 is 10.6 Å². The van der Waals surface area contributed by atoms with E-state index in [2.05, 4.69) is 10.6 Å². The zero-order valence-electron chi connectivity index (χ0n) is 19.1. The summed E-state index contributed by atoms with van der Waals surface area (Å²) < 4.78 is 0. The van der Waals surface area contributed by atoms with Crippen LogP contribution in [0.15, 0.2) is 60.7 Å². The summed E-state index contributed by atoms with van der Waals surface area (Å²) in [5, 5.41) is 24.6. The number of carboxylic acid groups (broad SMARTS) is 1. The van der Waals surface area contributed by atoms with E-state index in [1.54, 1.807) is 36.4 Å². The van der Waals surface area contributed by atoms with Crippen LogP contribution in [0.1, 0.15) is 42.1 Å². The van der Waals surface area contributed by atoms with Gasteiger partial charge in [-0.15, -0.1) is 0 Å². The standard InChI is InChI=1S/C27H25ClN2O5/c1-2-27(15-24(32)33)11-10-17-12-16(6-8-22(17)25(27)34)21-9-7-19(14-23(21)28)30-26(35)29-18-4-3-5-20(31)13-18/h3-9,12-14,31H,2,10-11,15H2,1H3,(H,32,33)(H2,29,30,35). The first-order valence-electron chi connectivity index (χ1n) is 11.3. The third-order valence-electron chi connectivity index (χ3n) is 6.51. The van der Waals surface area contributed by atoms with Gasteiger partial charge in [-0.05, 0) is 54.7 Å². The number of ketones is 1. The summed E-state index contributed by atoms with van der Waals surface area (Å²) in [6.07, 6.45) is 1.43. The molecular formula is C27H25ClN2O5. The highest BCUT2D eigenvalue weighted by molar-refractivity contribution is 6.33. The number of aryl methyl sites for hydroxylation is 1. The van der Waals surface area contributed by atoms with E-state index in [1.165, 1.54) is 12.1 Å². The van der Waals surface area contributed by atoms with Crippen LogP contribution in [0.2, 0.25) is 5.02 Å². The van der Waals surface area contributed by atoms with Gasteiger partial charge in [0.05, 0.1) is 11.4 Å². The van der Waals surface area contributed by atoms with E-state index >= 15 is 0 Å². The Bertz CT molecular complexity index is 1320. The zero-order valence-corrected chi connectivity index (χ0v) is 19.9. The smallest absolute Gasteiger partial charge is 0.323 e. The molecule has 4 rings (SSSR count). The van der Waals surface area contributed by atoms with E-state index in [0.29, 0.717) is 41.2 Å². The lowest BCUT2D eigenvalue weighted by molar-refractivity contribution is -0.139. The van der Waals surface area contributed by atoms with Crippen LogP contribution in [0.4, 0.5) is 16.2 Å². The fourth-order valence-electron chi connectivity index (χ4n) is 4.59. The van der Waals surface area contributed by atoms with Crippen LogP contribution in [0.25, 0.3) is 11.1 Å². The molecule has 0 aromatic heterocycles. The van der Waals surface area contributed by atoms with Crippen LogP contribution in [0.3, 0.4) is 0 Å². The van der Waals surface area contributed by atoms with Gasteiger partial charge in [-0.3, -0.25) is 9.59 Å². The van der Waals surface area contributed by atoms with Crippen LogP contribution in [-0.2, 0) is 11.2 Å². The Morgan fingerprint density at radius 3 is 2.37 bits per heavy atom. The number of carboxylic acids is 1. The Hall–Kier alpha value is -3.84. The second kappa shape index (κ2) is 9.80. The maximum Gasteiger partial charge on any atom is 0.323 e. The van der Waals surface area contributed by atoms with Crippen molar-refractivity contribution in [3.05, 3.63) is 76.8 Å². The largest absolute Gasteiger partial charge is 0.508 e. The maximum absolute atomic E-state index is 13.2. The number of amides is 2. The lowest BCUT2D eigenvalue weighted by atomic mass is 9.67. The number of hydrogen-bond donors (Lipinski definition) is 4. The van der Waals surface area contributed by atoms with Gasteiger partial charge in [0.2, 0.25) is 0 Å². The highest BCUT2D eigenvalue weighted by Crippen LogP contribution is 2.42. The van der Waals surface area contributed by atoms with Gasteiger partial charge in [-0.1, -0.05) is 48.9 Å². The van der Waals surface area contributed by atoms with Crippen molar-refractivity contribution in [2.24, 2.45) is 5.41 Å². The molecule has 4 N–H and O–H groups in total. The quantitative estimate of drug-likeness (QED) is 0.319. The number of rotatable bonds is 6. The Morgan fingerprint density at radius 1 is 1.00 bits per heavy atom. The first-order valence-corrected chi connectivity index (χ1v) is 11.6. The average Bonchev–Trinajstić information content (AvgIpc) is 2.80. The Labute approximate surface area is 207 Å². The van der Waals surface area contributed by atoms with E-state index in [1.807, 2.05) is 19.1 Å². The molecule has 35 heavy (non-hydrogen) atoms. The van der Waals surface area contributed by atoms with Crippen molar-refractivity contribution in [1.82, 2.24) is 0 Å². The Morgan fingerprint density at radius 2 is 1.71 bits per heavy atom. The average molecular weight is 493 g/mol. The molecule has 1 aliphatic carbocycles. The highest BCUT2D eigenvalue weighted by Gasteiger charge is 2.42. The maximum atomic E-state index is 13.2. The molecule has 0 saturated carbocycles. The second-order valence-electron chi connectivity index (χ2n) is 8.73. The SMILES string of the molecule is CCC1(CC(=O)O)CCc2cc(-c3ccc(NC(=O)Nc4cccc(O)c4)cc3Cl)ccc2C1=O. The van der Waals surface area contributed by atoms with E-state index in [-0.39, 0.29) is 18.0 Å². The normalized spacial score (nSPS) is 16.9. The number of phenols is 1. The van der Waals surface area contributed by atoms with Gasteiger partial charge >= 0.3 is 12.0 Å². The summed E-state index contributed by atoms with van der Waals surface area (Å²) in [4.78, 5) is 36.8. The molecule has 0 radical (unpaired) electrons. The van der Waals surface area contributed by atoms with Gasteiger partial charge in [0.1, 0.15) is 5.75 Å². The van der Waals surface area contributed by atoms with Crippen LogP contribution in [0.5, 0.6) is 5.75 Å². The number of aliphatic carboxylic acids is 1. The van der Waals surface area contributed by atoms with Crippen molar-refractivity contribution < 1.29 is 24.6 Å². The first-order chi connectivity index (χ1) is 16.7. The number of carbonyl (C=O) groups is 3. The summed E-state index contributed by atoms with van der Waals surface area (Å²) in [6.45, 7) is 1.86. The molecule has 1 atom stereocenters. The predicted octanol–water partition coefficient (Wildman–Crippen LogP) is 6.36. The van der Waals surface area contributed by atoms with Gasteiger partial charge in [0.25, 0.3) is 0 Å². The Kier molecular flexibility index (Phi) is 6.80. The number of phenolic OH excluding ortho intramolecular Hbond substituents is 1. The lowest BCUT2D eigenvalue weighted by Crippen LogP contribution is -2.37. The summed E-state index contributed by atoms with van der Waals surface area (Å²) in [6, 6.07) is 16.4. The number of fused-ring (bicyclic) bond motifs is 1. The van der Waals surface area contributed by atoms with Crippen LogP contribution >= 0.6 is 11.6 Å². The molecule has 3 aromatic carbocycles. The minimum atomic E-state index is -0.962. The van der Waals surface area contributed by atoms with E-state index in [0.717, 1.165) is 16.7 Å². The summed E-state index contributed by atoms with van der Waals surface area (Å²) in [7, 11) is 0. The van der Waals surface area contributed by atoms with Crippen molar-refractivity contribution in [3.8, 4) is 16.9 Å². The number of Topliss-reactive ketones (excluding diaryl/α,β-unsaturated/α-hetero) is 1. The molecule has 7 nitrogen and oxygen atoms in total. The minimum absolute atomic E-state index is 0.0456. The molecule has 1 aliphatic rings. The fraction of sp³-hybridized carbons (Fsp3) is 0.222. The first kappa shape index (κ1) is 24.3. The van der Waals surface area contributed by atoms with Crippen LogP contribution in [-0.4, -0.2) is 28.0 Å². The number of carbonyl (C=O) groups excluding carboxylic acids is 2. The summed E-state index contributed by atoms with van der Waals surface area (Å²) in [5.41, 5.74) is 3.12. The number of aromatic hydroxyl groups is 1. The number of nitrogens with one attached hydrogen (secondary N) is 2. The monoisotopic (exact) mass is 492 g/mol. The third kappa shape index (κ3) is 5.15. The highest BCUT2D eigenvalue weighted by atomic mass is 35.5. The predicted molar refractivity (Wildman–Crippen MR) is 135 cm³/mol. The van der Waals surface area contributed by atoms with Crippen LogP contribution in [0, 0.1) is 5.41 Å². The lowest BCUT2D eigenvalue weighted by Gasteiger charge is -2.35. The van der Waals surface area contributed by atoms with E-state index in [4.69, 9.17) is 11.6 Å². The molecule has 2 amide bonds. The van der Waals surface area contributed by atoms with Gasteiger partial charge in [-0.2, -0.15) is 0 Å². The van der Waals surface area contributed by atoms with Gasteiger partial charge in [-0.25, -0.2) is 4.79 Å². The third-order valence-corrected chi connectivity index (χ3v) is 6.83. The molecule has 0 spiro atoms. The number of anilines is 2. The molecule has 180 valence electrons. The number of halogens is 1. The van der Waals surface area contributed by atoms with Gasteiger partial charge in [0.15, 0.2) is 5.78 Å². The van der Waals surface area contributed by atoms with Crippen molar-refractivity contribution >= 4 is 40.8 Å². The van der Waals surface area contributed by atoms with Gasteiger partial charge < -0.3 is 20.8 Å². The molecule has 0 fully saturated rings. The number of hydrogen-bond acceptors (Lipinski definition) is 4. The molecule has 0 aliphatic heterocycles. The molecule has 8 heteroatoms. The zero-order chi connectivity index (χ0) is 25.2. The van der Waals surface area contributed by atoms with E-state index < -0.39 is 17.4 Å². The minimum Gasteiger partial charge on any atom is -0.508 e. The molecule has 3 aromatic rings. The van der Waals surface area contributed by atoms with Crippen molar-refractivity contribution in [2.45, 2.75) is 32.6 Å². The second-order valence-corrected chi connectivity index (χ2v) is 9.14. The molecule has 0 saturated heterocycles. The van der Waals surface area contributed by atoms with Crippen molar-refractivity contribution in [1.29, 1.82) is 0 Å². The topological polar surface area (TPSA) is 116 Å². The van der Waals surface area contributed by atoms with Crippen molar-refractivity contribution in [3.63, 3.8) is 0 Å². The Balaban J connectivity index is 1.52. The fourth-order valence-corrected chi connectivity index (χ4v) is 4.88. The van der Waals surface area contributed by atoms with Crippen molar-refractivity contribution in [2.75, 3.05) is 10.6 Å². The summed E-state index contributed by atoms with van der Waals surface area (Å²) >= 11 is 6.53. The van der Waals surface area contributed by atoms with E-state index in [9.17, 15) is 24.6 Å². The molecular weight excluding hydrogens is 468 g/mol. The summed E-state index contributed by atoms with van der Waals surface area (Å²) in [5.74, 6) is -1.03. The molecule has 0 heterocycles.